The molecule has 6 heteroatoms. The second kappa shape index (κ2) is 4.38. The Hall–Kier alpha value is -2.37. The van der Waals surface area contributed by atoms with Crippen LogP contribution in [-0.4, -0.2) is 37.2 Å². The van der Waals surface area contributed by atoms with Crippen molar-refractivity contribution in [3.63, 3.8) is 0 Å². The monoisotopic (exact) mass is 258 g/mol. The number of hydrogen-bond acceptors (Lipinski definition) is 4. The highest BCUT2D eigenvalue weighted by atomic mass is 16.3. The first-order valence-electron chi connectivity index (χ1n) is 6.11. The molecule has 19 heavy (non-hydrogen) atoms. The molecule has 1 aromatic heterocycles. The van der Waals surface area contributed by atoms with Crippen molar-refractivity contribution in [2.75, 3.05) is 6.54 Å². The van der Waals surface area contributed by atoms with Crippen molar-refractivity contribution in [1.82, 2.24) is 19.7 Å². The Morgan fingerprint density at radius 3 is 3.00 bits per heavy atom. The molecule has 2 heterocycles. The SMILES string of the molecule is Cc1cc(O)ccc1C(=O)N1CCn2cnnc2C1. The topological polar surface area (TPSA) is 71.2 Å². The molecule has 6 nitrogen and oxygen atoms in total. The molecule has 1 aliphatic rings. The summed E-state index contributed by atoms with van der Waals surface area (Å²) in [6, 6.07) is 4.79. The van der Waals surface area contributed by atoms with E-state index in [-0.39, 0.29) is 11.7 Å². The molecular weight excluding hydrogens is 244 g/mol. The highest BCUT2D eigenvalue weighted by Crippen LogP contribution is 2.19. The van der Waals surface area contributed by atoms with Crippen LogP contribution < -0.4 is 0 Å². The van der Waals surface area contributed by atoms with E-state index in [1.165, 1.54) is 6.07 Å². The molecule has 0 aliphatic carbocycles. The standard InChI is InChI=1S/C13H14N4O2/c1-9-6-10(18)2-3-11(9)13(19)16-4-5-17-8-14-15-12(17)7-16/h2-3,6,8,18H,4-5,7H2,1H3. The van der Waals surface area contributed by atoms with Crippen LogP contribution in [0.5, 0.6) is 5.75 Å². The zero-order chi connectivity index (χ0) is 13.4. The molecule has 0 bridgehead atoms. The number of nitrogens with zero attached hydrogens (tertiary/aromatic N) is 4. The Bertz CT molecular complexity index is 635. The summed E-state index contributed by atoms with van der Waals surface area (Å²) < 4.78 is 1.95. The third-order valence-corrected chi connectivity index (χ3v) is 3.37. The minimum absolute atomic E-state index is 0.0354. The summed E-state index contributed by atoms with van der Waals surface area (Å²) in [5, 5.41) is 17.2. The molecule has 0 spiro atoms. The third-order valence-electron chi connectivity index (χ3n) is 3.37. The molecule has 3 rings (SSSR count). The van der Waals surface area contributed by atoms with Crippen LogP contribution in [-0.2, 0) is 13.1 Å². The number of amides is 1. The van der Waals surface area contributed by atoms with Gasteiger partial charge in [-0.1, -0.05) is 0 Å². The number of aryl methyl sites for hydroxylation is 1. The number of aromatic nitrogens is 3. The lowest BCUT2D eigenvalue weighted by Crippen LogP contribution is -2.38. The Morgan fingerprint density at radius 2 is 2.21 bits per heavy atom. The van der Waals surface area contributed by atoms with Crippen molar-refractivity contribution in [2.24, 2.45) is 0 Å². The number of carbonyl (C=O) groups is 1. The molecule has 2 aromatic rings. The van der Waals surface area contributed by atoms with Gasteiger partial charge in [0.05, 0.1) is 6.54 Å². The molecule has 1 aromatic carbocycles. The maximum absolute atomic E-state index is 12.5. The fraction of sp³-hybridized carbons (Fsp3) is 0.308. The summed E-state index contributed by atoms with van der Waals surface area (Å²) in [4.78, 5) is 14.2. The molecule has 0 unspecified atom stereocenters. The average molecular weight is 258 g/mol. The maximum Gasteiger partial charge on any atom is 0.254 e. The van der Waals surface area contributed by atoms with E-state index in [2.05, 4.69) is 10.2 Å². The first-order valence-corrected chi connectivity index (χ1v) is 6.11. The van der Waals surface area contributed by atoms with E-state index in [1.54, 1.807) is 23.4 Å². The highest BCUT2D eigenvalue weighted by molar-refractivity contribution is 5.95. The summed E-state index contributed by atoms with van der Waals surface area (Å²) in [6.45, 7) is 3.65. The van der Waals surface area contributed by atoms with Crippen molar-refractivity contribution in [1.29, 1.82) is 0 Å². The van der Waals surface area contributed by atoms with Crippen LogP contribution >= 0.6 is 0 Å². The van der Waals surface area contributed by atoms with Crippen LogP contribution in [0.3, 0.4) is 0 Å². The molecule has 0 atom stereocenters. The lowest BCUT2D eigenvalue weighted by molar-refractivity contribution is 0.0706. The minimum Gasteiger partial charge on any atom is -0.508 e. The van der Waals surface area contributed by atoms with Gasteiger partial charge in [0.2, 0.25) is 0 Å². The molecule has 0 radical (unpaired) electrons. The second-order valence-electron chi connectivity index (χ2n) is 4.67. The predicted octanol–water partition coefficient (Wildman–Crippen LogP) is 0.948. The largest absolute Gasteiger partial charge is 0.508 e. The Morgan fingerprint density at radius 1 is 1.37 bits per heavy atom. The molecule has 0 fully saturated rings. The van der Waals surface area contributed by atoms with Gasteiger partial charge in [-0.25, -0.2) is 0 Å². The third kappa shape index (κ3) is 2.05. The zero-order valence-electron chi connectivity index (χ0n) is 10.6. The van der Waals surface area contributed by atoms with Gasteiger partial charge < -0.3 is 14.6 Å². The van der Waals surface area contributed by atoms with Gasteiger partial charge in [-0.15, -0.1) is 10.2 Å². The molecule has 1 amide bonds. The van der Waals surface area contributed by atoms with Crippen molar-refractivity contribution < 1.29 is 9.90 Å². The summed E-state index contributed by atoms with van der Waals surface area (Å²) >= 11 is 0. The summed E-state index contributed by atoms with van der Waals surface area (Å²) in [5.41, 5.74) is 1.39. The van der Waals surface area contributed by atoms with Crippen molar-refractivity contribution in [2.45, 2.75) is 20.0 Å². The summed E-state index contributed by atoms with van der Waals surface area (Å²) in [5.74, 6) is 0.940. The number of aromatic hydroxyl groups is 1. The molecule has 98 valence electrons. The Balaban J connectivity index is 1.85. The van der Waals surface area contributed by atoms with Crippen LogP contribution in [0.1, 0.15) is 21.7 Å². The highest BCUT2D eigenvalue weighted by Gasteiger charge is 2.23. The second-order valence-corrected chi connectivity index (χ2v) is 4.67. The molecule has 1 N–H and O–H groups in total. The number of rotatable bonds is 1. The van der Waals surface area contributed by atoms with Crippen LogP contribution in [0.4, 0.5) is 0 Å². The van der Waals surface area contributed by atoms with Gasteiger partial charge in [0.1, 0.15) is 12.1 Å². The summed E-state index contributed by atoms with van der Waals surface area (Å²) in [7, 11) is 0. The van der Waals surface area contributed by atoms with Gasteiger partial charge in [-0.05, 0) is 30.7 Å². The van der Waals surface area contributed by atoms with Gasteiger partial charge in [-0.2, -0.15) is 0 Å². The van der Waals surface area contributed by atoms with Crippen molar-refractivity contribution in [3.8, 4) is 5.75 Å². The first-order chi connectivity index (χ1) is 9.15. The fourth-order valence-electron chi connectivity index (χ4n) is 2.30. The fourth-order valence-corrected chi connectivity index (χ4v) is 2.30. The van der Waals surface area contributed by atoms with Gasteiger partial charge in [0.25, 0.3) is 5.91 Å². The number of fused-ring (bicyclic) bond motifs is 1. The lowest BCUT2D eigenvalue weighted by atomic mass is 10.1. The summed E-state index contributed by atoms with van der Waals surface area (Å²) in [6.07, 6.45) is 1.68. The van der Waals surface area contributed by atoms with E-state index in [0.29, 0.717) is 25.2 Å². The number of hydrogen-bond donors (Lipinski definition) is 1. The normalized spacial score (nSPS) is 14.3. The molecule has 0 saturated carbocycles. The van der Waals surface area contributed by atoms with Gasteiger partial charge >= 0.3 is 0 Å². The van der Waals surface area contributed by atoms with E-state index in [4.69, 9.17) is 0 Å². The molecule has 0 saturated heterocycles. The number of benzene rings is 1. The van der Waals surface area contributed by atoms with Gasteiger partial charge in [0.15, 0.2) is 5.82 Å². The van der Waals surface area contributed by atoms with Crippen molar-refractivity contribution in [3.05, 3.63) is 41.5 Å². The lowest BCUT2D eigenvalue weighted by Gasteiger charge is -2.27. The number of carbonyl (C=O) groups excluding carboxylic acids is 1. The quantitative estimate of drug-likeness (QED) is 0.826. The average Bonchev–Trinajstić information content (AvgIpc) is 2.85. The van der Waals surface area contributed by atoms with E-state index in [1.807, 2.05) is 11.5 Å². The zero-order valence-corrected chi connectivity index (χ0v) is 10.6. The Kier molecular flexibility index (Phi) is 2.70. The van der Waals surface area contributed by atoms with Crippen molar-refractivity contribution >= 4 is 5.91 Å². The van der Waals surface area contributed by atoms with Crippen LogP contribution in [0.15, 0.2) is 24.5 Å². The molecular formula is C13H14N4O2. The smallest absolute Gasteiger partial charge is 0.254 e. The van der Waals surface area contributed by atoms with Gasteiger partial charge in [-0.3, -0.25) is 4.79 Å². The van der Waals surface area contributed by atoms with E-state index in [9.17, 15) is 9.90 Å². The predicted molar refractivity (Wildman–Crippen MR) is 67.6 cm³/mol. The molecule has 1 aliphatic heterocycles. The van der Waals surface area contributed by atoms with E-state index < -0.39 is 0 Å². The first kappa shape index (κ1) is 11.7. The minimum atomic E-state index is -0.0354. The Labute approximate surface area is 110 Å². The number of phenols is 1. The van der Waals surface area contributed by atoms with Crippen LogP contribution in [0.25, 0.3) is 0 Å². The van der Waals surface area contributed by atoms with Crippen LogP contribution in [0, 0.1) is 6.92 Å². The van der Waals surface area contributed by atoms with Crippen LogP contribution in [0.2, 0.25) is 0 Å². The number of phenolic OH excluding ortho intramolecular Hbond substituents is 1. The van der Waals surface area contributed by atoms with E-state index >= 15 is 0 Å². The van der Waals surface area contributed by atoms with E-state index in [0.717, 1.165) is 11.4 Å². The van der Waals surface area contributed by atoms with Gasteiger partial charge in [0, 0.05) is 18.7 Å². The maximum atomic E-state index is 12.5.